The second-order valence-corrected chi connectivity index (χ2v) is 9.69. The van der Waals surface area contributed by atoms with Gasteiger partial charge in [-0.15, -0.1) is 0 Å². The molecule has 0 aliphatic heterocycles. The number of aromatic nitrogens is 1. The molecule has 1 heterocycles. The maximum atomic E-state index is 13.2. The van der Waals surface area contributed by atoms with E-state index in [9.17, 15) is 19.8 Å². The van der Waals surface area contributed by atoms with Crippen LogP contribution in [0.15, 0.2) is 24.3 Å². The summed E-state index contributed by atoms with van der Waals surface area (Å²) in [6.45, 7) is 11.0. The summed E-state index contributed by atoms with van der Waals surface area (Å²) in [4.78, 5) is 30.4. The normalized spacial score (nSPS) is 12.8. The number of carboxylic acids is 1. The number of carbonyl (C=O) groups excluding carboxylic acids is 1. The topological polar surface area (TPSA) is 114 Å². The van der Waals surface area contributed by atoms with Gasteiger partial charge in [-0.2, -0.15) is 0 Å². The molecule has 0 atom stereocenters. The van der Waals surface area contributed by atoms with Crippen LogP contribution in [-0.4, -0.2) is 26.9 Å². The number of rotatable bonds is 4. The van der Waals surface area contributed by atoms with E-state index in [0.29, 0.717) is 5.56 Å². The van der Waals surface area contributed by atoms with Crippen LogP contribution in [0.5, 0.6) is 5.75 Å². The Hall–Kier alpha value is -2.41. The number of benzene rings is 1. The number of ketones is 1. The average Bonchev–Trinajstić information content (AvgIpc) is 2.86. The fourth-order valence-corrected chi connectivity index (χ4v) is 4.92. The van der Waals surface area contributed by atoms with E-state index in [4.69, 9.17) is 5.73 Å². The molecule has 4 N–H and O–H groups in total. The Bertz CT molecular complexity index is 857. The summed E-state index contributed by atoms with van der Waals surface area (Å²) in [7, 11) is 0. The lowest BCUT2D eigenvalue weighted by Gasteiger charge is -2.49. The van der Waals surface area contributed by atoms with Crippen LogP contribution in [0.3, 0.4) is 0 Å². The quantitative estimate of drug-likeness (QED) is 0.678. The Morgan fingerprint density at radius 1 is 1.00 bits per heavy atom. The van der Waals surface area contributed by atoms with Gasteiger partial charge in [-0.3, -0.25) is 9.59 Å². The van der Waals surface area contributed by atoms with Crippen LogP contribution in [0.2, 0.25) is 0 Å². The van der Waals surface area contributed by atoms with Crippen molar-refractivity contribution in [2.75, 3.05) is 5.73 Å². The minimum Gasteiger partial charge on any atom is -0.508 e. The van der Waals surface area contributed by atoms with Gasteiger partial charge < -0.3 is 15.9 Å². The Morgan fingerprint density at radius 3 is 1.89 bits per heavy atom. The van der Waals surface area contributed by atoms with Gasteiger partial charge >= 0.3 is 5.97 Å². The van der Waals surface area contributed by atoms with Gasteiger partial charge in [0.25, 0.3) is 0 Å². The molecule has 27 heavy (non-hydrogen) atoms. The molecule has 0 aliphatic rings. The predicted octanol–water partition coefficient (Wildman–Crippen LogP) is 4.08. The summed E-state index contributed by atoms with van der Waals surface area (Å²) in [5.74, 6) is -1.37. The minimum absolute atomic E-state index is 0.0415. The largest absolute Gasteiger partial charge is 0.508 e. The number of phenols is 1. The molecule has 6 nitrogen and oxygen atoms in total. The third kappa shape index (κ3) is 3.32. The Labute approximate surface area is 163 Å². The lowest BCUT2D eigenvalue weighted by Crippen LogP contribution is -2.57. The van der Waals surface area contributed by atoms with Crippen molar-refractivity contribution in [3.05, 3.63) is 40.4 Å². The number of carbonyl (C=O) groups is 2. The number of thiazole rings is 1. The smallest absolute Gasteiger partial charge is 0.316 e. The van der Waals surface area contributed by atoms with Crippen molar-refractivity contribution in [1.29, 1.82) is 0 Å². The Kier molecular flexibility index (Phi) is 5.14. The van der Waals surface area contributed by atoms with Crippen molar-refractivity contribution in [1.82, 2.24) is 4.98 Å². The first-order valence-corrected chi connectivity index (χ1v) is 9.39. The summed E-state index contributed by atoms with van der Waals surface area (Å²) in [5.41, 5.74) is 3.50. The third-order valence-corrected chi connectivity index (χ3v) is 5.79. The lowest BCUT2D eigenvalue weighted by atomic mass is 9.52. The Balaban J connectivity index is 2.82. The molecule has 2 rings (SSSR count). The number of nitrogens with zero attached hydrogens (tertiary/aromatic N) is 1. The van der Waals surface area contributed by atoms with Crippen LogP contribution in [0.25, 0.3) is 0 Å². The molecule has 2 aromatic rings. The van der Waals surface area contributed by atoms with Crippen molar-refractivity contribution in [2.45, 2.75) is 47.0 Å². The molecule has 0 amide bonds. The second-order valence-electron chi connectivity index (χ2n) is 8.66. The highest BCUT2D eigenvalue weighted by Crippen LogP contribution is 2.55. The van der Waals surface area contributed by atoms with E-state index in [0.717, 1.165) is 11.3 Å². The van der Waals surface area contributed by atoms with Crippen LogP contribution in [0.1, 0.15) is 62.5 Å². The van der Waals surface area contributed by atoms with Gasteiger partial charge in [-0.05, 0) is 35.1 Å². The fourth-order valence-electron chi connectivity index (χ4n) is 4.07. The first-order chi connectivity index (χ1) is 12.2. The minimum atomic E-state index is -1.45. The molecule has 0 spiro atoms. The maximum absolute atomic E-state index is 13.2. The zero-order chi connectivity index (χ0) is 20.8. The van der Waals surface area contributed by atoms with Gasteiger partial charge in [0.1, 0.15) is 16.0 Å². The number of phenolic OH excluding ortho intramolecular Hbond substituents is 1. The first kappa shape index (κ1) is 20.9. The zero-order valence-corrected chi connectivity index (χ0v) is 17.3. The van der Waals surface area contributed by atoms with Crippen molar-refractivity contribution in [3.63, 3.8) is 0 Å². The molecule has 0 aliphatic carbocycles. The predicted molar refractivity (Wildman–Crippen MR) is 106 cm³/mol. The van der Waals surface area contributed by atoms with Gasteiger partial charge in [0, 0.05) is 5.56 Å². The van der Waals surface area contributed by atoms with Crippen LogP contribution in [0.4, 0.5) is 5.13 Å². The maximum Gasteiger partial charge on any atom is 0.316 e. The van der Waals surface area contributed by atoms with Gasteiger partial charge in [0.15, 0.2) is 5.13 Å². The fraction of sp³-hybridized carbons (Fsp3) is 0.450. The molecule has 0 radical (unpaired) electrons. The number of carboxylic acid groups (broad SMARTS) is 1. The van der Waals surface area contributed by atoms with Crippen molar-refractivity contribution < 1.29 is 19.8 Å². The highest BCUT2D eigenvalue weighted by atomic mass is 32.1. The van der Waals surface area contributed by atoms with Gasteiger partial charge in [0.2, 0.25) is 5.78 Å². The molecule has 0 saturated heterocycles. The average molecular weight is 391 g/mol. The second kappa shape index (κ2) is 6.64. The van der Waals surface area contributed by atoms with E-state index >= 15 is 0 Å². The molecular formula is C20H26N2O4S. The summed E-state index contributed by atoms with van der Waals surface area (Å²) < 4.78 is 0. The number of aromatic hydroxyl groups is 1. The molecule has 1 aromatic heterocycles. The molecule has 146 valence electrons. The van der Waals surface area contributed by atoms with Crippen LogP contribution in [-0.2, 0) is 10.2 Å². The summed E-state index contributed by atoms with van der Waals surface area (Å²) in [6.07, 6.45) is 0. The van der Waals surface area contributed by atoms with E-state index in [1.54, 1.807) is 0 Å². The highest BCUT2D eigenvalue weighted by molar-refractivity contribution is 7.17. The number of hydrogen-bond donors (Lipinski definition) is 3. The van der Waals surface area contributed by atoms with Gasteiger partial charge in [0.05, 0.1) is 5.69 Å². The van der Waals surface area contributed by atoms with Crippen molar-refractivity contribution >= 4 is 28.2 Å². The number of nitrogens with two attached hydrogens (primary N) is 1. The highest BCUT2D eigenvalue weighted by Gasteiger charge is 2.60. The number of hydrogen-bond acceptors (Lipinski definition) is 6. The summed E-state index contributed by atoms with van der Waals surface area (Å²) >= 11 is 0.989. The van der Waals surface area contributed by atoms with Crippen molar-refractivity contribution in [2.24, 2.45) is 10.8 Å². The van der Waals surface area contributed by atoms with Crippen LogP contribution in [0, 0.1) is 10.8 Å². The van der Waals surface area contributed by atoms with Gasteiger partial charge in [-0.25, -0.2) is 4.98 Å². The number of aliphatic carboxylic acids is 1. The van der Waals surface area contributed by atoms with Crippen molar-refractivity contribution in [3.8, 4) is 5.75 Å². The van der Waals surface area contributed by atoms with E-state index in [-0.39, 0.29) is 27.2 Å². The standard InChI is InChI=1S/C20H26N2O4S/c1-18(2,3)20(16(25)26,19(4,5)6)15-14(27-17(21)22-15)13(24)11-7-9-12(23)10-8-11/h7-10,23H,1-6H3,(H2,21,22)(H,25,26). The van der Waals surface area contributed by atoms with E-state index in [1.807, 2.05) is 41.5 Å². The molecule has 0 unspecified atom stereocenters. The SMILES string of the molecule is CC(C)(C)C(C(=O)O)(c1nc(N)sc1C(=O)c1ccc(O)cc1)C(C)(C)C. The van der Waals surface area contributed by atoms with E-state index in [1.165, 1.54) is 24.3 Å². The summed E-state index contributed by atoms with van der Waals surface area (Å²) in [5, 5.41) is 20.0. The molecule has 0 fully saturated rings. The summed E-state index contributed by atoms with van der Waals surface area (Å²) in [6, 6.07) is 5.81. The molecule has 7 heteroatoms. The van der Waals surface area contributed by atoms with Gasteiger partial charge in [-0.1, -0.05) is 52.9 Å². The molecule has 1 aromatic carbocycles. The molecule has 0 bridgehead atoms. The number of nitrogen functional groups attached to an aromatic ring is 1. The lowest BCUT2D eigenvalue weighted by molar-refractivity contribution is -0.156. The van der Waals surface area contributed by atoms with Crippen LogP contribution < -0.4 is 5.73 Å². The molecule has 0 saturated carbocycles. The first-order valence-electron chi connectivity index (χ1n) is 8.57. The molecular weight excluding hydrogens is 364 g/mol. The van der Waals surface area contributed by atoms with E-state index in [2.05, 4.69) is 4.98 Å². The Morgan fingerprint density at radius 2 is 1.48 bits per heavy atom. The third-order valence-electron chi connectivity index (χ3n) is 4.91. The monoisotopic (exact) mass is 390 g/mol. The number of anilines is 1. The van der Waals surface area contributed by atoms with E-state index < -0.39 is 22.2 Å². The zero-order valence-electron chi connectivity index (χ0n) is 16.5. The van der Waals surface area contributed by atoms with Crippen LogP contribution >= 0.6 is 11.3 Å².